The van der Waals surface area contributed by atoms with Gasteiger partial charge in [-0.3, -0.25) is 9.59 Å². The Kier molecular flexibility index (Phi) is 5.91. The highest BCUT2D eigenvalue weighted by atomic mass is 19.3. The van der Waals surface area contributed by atoms with Crippen LogP contribution in [-0.2, 0) is 9.53 Å². The van der Waals surface area contributed by atoms with E-state index in [-0.39, 0.29) is 17.2 Å². The Bertz CT molecular complexity index is 687. The molecule has 2 aliphatic heterocycles. The van der Waals surface area contributed by atoms with Crippen LogP contribution in [0.15, 0.2) is 24.3 Å². The maximum absolute atomic E-state index is 12.7. The molecule has 2 fully saturated rings. The molecule has 3 rings (SSSR count). The molecular weight excluding hydrogens is 360 g/mol. The number of hydrogen-bond donors (Lipinski definition) is 1. The molecule has 0 radical (unpaired) electrons. The number of nitrogens with two attached hydrogens (primary N) is 1. The quantitative estimate of drug-likeness (QED) is 0.841. The molecule has 2 aliphatic rings. The molecule has 0 bridgehead atoms. The number of hydrogen-bond acceptors (Lipinski definition) is 5. The summed E-state index contributed by atoms with van der Waals surface area (Å²) in [7, 11) is 0. The van der Waals surface area contributed by atoms with Crippen LogP contribution >= 0.6 is 0 Å². The third-order valence-electron chi connectivity index (χ3n) is 5.00. The van der Waals surface area contributed by atoms with Crippen LogP contribution in [0.2, 0.25) is 0 Å². The Morgan fingerprint density at radius 3 is 2.30 bits per heavy atom. The molecule has 2 heterocycles. The van der Waals surface area contributed by atoms with Gasteiger partial charge in [0.1, 0.15) is 5.75 Å². The largest absolute Gasteiger partial charge is 0.434 e. The zero-order chi connectivity index (χ0) is 19.4. The Morgan fingerprint density at radius 2 is 1.67 bits per heavy atom. The predicted molar refractivity (Wildman–Crippen MR) is 92.5 cm³/mol. The highest BCUT2D eigenvalue weighted by molar-refractivity contribution is 5.97. The second kappa shape index (κ2) is 8.18. The van der Waals surface area contributed by atoms with E-state index in [0.29, 0.717) is 52.2 Å². The average molecular weight is 383 g/mol. The van der Waals surface area contributed by atoms with Gasteiger partial charge in [0.15, 0.2) is 0 Å². The summed E-state index contributed by atoms with van der Waals surface area (Å²) in [6.45, 7) is -0.776. The molecule has 0 unspecified atom stereocenters. The molecule has 1 aromatic rings. The van der Waals surface area contributed by atoms with Gasteiger partial charge in [-0.05, 0) is 25.0 Å². The van der Waals surface area contributed by atoms with Crippen molar-refractivity contribution in [3.63, 3.8) is 0 Å². The summed E-state index contributed by atoms with van der Waals surface area (Å²) < 4.78 is 34.8. The summed E-state index contributed by atoms with van der Waals surface area (Å²) in [5.41, 5.74) is 5.41. The highest BCUT2D eigenvalue weighted by Crippen LogP contribution is 2.24. The third-order valence-corrected chi connectivity index (χ3v) is 5.00. The molecule has 2 saturated heterocycles. The van der Waals surface area contributed by atoms with Crippen LogP contribution < -0.4 is 10.5 Å². The molecule has 0 aromatic heterocycles. The second-order valence-electron chi connectivity index (χ2n) is 6.73. The number of amides is 2. The Balaban J connectivity index is 1.62. The maximum Gasteiger partial charge on any atom is 0.387 e. The fourth-order valence-corrected chi connectivity index (χ4v) is 3.39. The van der Waals surface area contributed by atoms with E-state index in [1.54, 1.807) is 11.0 Å². The summed E-state index contributed by atoms with van der Waals surface area (Å²) >= 11 is 0. The molecule has 27 heavy (non-hydrogen) atoms. The van der Waals surface area contributed by atoms with Gasteiger partial charge in [-0.1, -0.05) is 12.1 Å². The first kappa shape index (κ1) is 19.5. The Hall–Kier alpha value is -2.26. The standard InChI is InChI=1S/C18H23F2N3O4/c19-17(20)27-14-4-2-1-3-13(14)15(24)22-7-9-23(10-8-22)16(25)18(21)5-11-26-12-6-18/h1-4,17H,5-12,21H2. The maximum atomic E-state index is 12.7. The van der Waals surface area contributed by atoms with Crippen LogP contribution in [0.1, 0.15) is 23.2 Å². The van der Waals surface area contributed by atoms with Crippen LogP contribution in [0.3, 0.4) is 0 Å². The first-order chi connectivity index (χ1) is 12.9. The number of carbonyl (C=O) groups excluding carboxylic acids is 2. The highest BCUT2D eigenvalue weighted by Gasteiger charge is 2.40. The van der Waals surface area contributed by atoms with Crippen molar-refractivity contribution in [3.8, 4) is 5.75 Å². The lowest BCUT2D eigenvalue weighted by Gasteiger charge is -2.41. The minimum absolute atomic E-state index is 0.0808. The monoisotopic (exact) mass is 383 g/mol. The topological polar surface area (TPSA) is 85.1 Å². The number of alkyl halides is 2. The van der Waals surface area contributed by atoms with Crippen molar-refractivity contribution in [2.75, 3.05) is 39.4 Å². The lowest BCUT2D eigenvalue weighted by Crippen LogP contribution is -2.61. The Morgan fingerprint density at radius 1 is 1.07 bits per heavy atom. The van der Waals surface area contributed by atoms with Gasteiger partial charge in [0, 0.05) is 39.4 Å². The van der Waals surface area contributed by atoms with Crippen molar-refractivity contribution < 1.29 is 27.8 Å². The van der Waals surface area contributed by atoms with E-state index in [2.05, 4.69) is 4.74 Å². The van der Waals surface area contributed by atoms with E-state index < -0.39 is 18.1 Å². The van der Waals surface area contributed by atoms with E-state index >= 15 is 0 Å². The van der Waals surface area contributed by atoms with E-state index in [4.69, 9.17) is 10.5 Å². The molecule has 0 atom stereocenters. The summed E-state index contributed by atoms with van der Waals surface area (Å²) in [5.74, 6) is -0.676. The molecule has 2 amide bonds. The van der Waals surface area contributed by atoms with Gasteiger partial charge in [0.25, 0.3) is 5.91 Å². The number of para-hydroxylation sites is 1. The molecule has 1 aromatic carbocycles. The molecular formula is C18H23F2N3O4. The number of benzene rings is 1. The predicted octanol–water partition coefficient (Wildman–Crippen LogP) is 1.08. The molecule has 0 saturated carbocycles. The third kappa shape index (κ3) is 4.36. The molecule has 0 aliphatic carbocycles. The summed E-state index contributed by atoms with van der Waals surface area (Å²) in [6.07, 6.45) is 0.951. The number of piperazine rings is 1. The number of carbonyl (C=O) groups is 2. The molecule has 2 N–H and O–H groups in total. The van der Waals surface area contributed by atoms with Crippen molar-refractivity contribution in [2.24, 2.45) is 5.73 Å². The summed E-state index contributed by atoms with van der Waals surface area (Å²) in [6, 6.07) is 5.91. The summed E-state index contributed by atoms with van der Waals surface area (Å²) in [5, 5.41) is 0. The van der Waals surface area contributed by atoms with Crippen LogP contribution in [0.5, 0.6) is 5.75 Å². The van der Waals surface area contributed by atoms with Crippen molar-refractivity contribution in [2.45, 2.75) is 25.0 Å². The van der Waals surface area contributed by atoms with E-state index in [1.165, 1.54) is 23.1 Å². The van der Waals surface area contributed by atoms with Gasteiger partial charge >= 0.3 is 6.61 Å². The molecule has 148 valence electrons. The van der Waals surface area contributed by atoms with Crippen molar-refractivity contribution >= 4 is 11.8 Å². The zero-order valence-corrected chi connectivity index (χ0v) is 14.9. The van der Waals surface area contributed by atoms with Gasteiger partial charge in [-0.15, -0.1) is 0 Å². The number of rotatable bonds is 4. The normalized spacial score (nSPS) is 19.9. The number of halogens is 2. The van der Waals surface area contributed by atoms with Crippen molar-refractivity contribution in [1.29, 1.82) is 0 Å². The SMILES string of the molecule is NC1(C(=O)N2CCN(C(=O)c3ccccc3OC(F)F)CC2)CCOCC1. The molecule has 7 nitrogen and oxygen atoms in total. The van der Waals surface area contributed by atoms with E-state index in [1.807, 2.05) is 0 Å². The van der Waals surface area contributed by atoms with Crippen LogP contribution in [-0.4, -0.2) is 73.2 Å². The fraction of sp³-hybridized carbons (Fsp3) is 0.556. The average Bonchev–Trinajstić information content (AvgIpc) is 2.67. The molecule has 9 heteroatoms. The minimum Gasteiger partial charge on any atom is -0.434 e. The fourth-order valence-electron chi connectivity index (χ4n) is 3.39. The van der Waals surface area contributed by atoms with E-state index in [9.17, 15) is 18.4 Å². The second-order valence-corrected chi connectivity index (χ2v) is 6.73. The van der Waals surface area contributed by atoms with Gasteiger partial charge < -0.3 is 25.0 Å². The van der Waals surface area contributed by atoms with Gasteiger partial charge in [-0.2, -0.15) is 8.78 Å². The van der Waals surface area contributed by atoms with Crippen LogP contribution in [0, 0.1) is 0 Å². The lowest BCUT2D eigenvalue weighted by atomic mass is 9.89. The number of ether oxygens (including phenoxy) is 2. The van der Waals surface area contributed by atoms with Gasteiger partial charge in [-0.25, -0.2) is 0 Å². The minimum atomic E-state index is -3.01. The van der Waals surface area contributed by atoms with Gasteiger partial charge in [0.2, 0.25) is 5.91 Å². The van der Waals surface area contributed by atoms with Crippen molar-refractivity contribution in [1.82, 2.24) is 9.80 Å². The summed E-state index contributed by atoms with van der Waals surface area (Å²) in [4.78, 5) is 28.6. The van der Waals surface area contributed by atoms with Crippen molar-refractivity contribution in [3.05, 3.63) is 29.8 Å². The zero-order valence-electron chi connectivity index (χ0n) is 14.9. The van der Waals surface area contributed by atoms with Crippen LogP contribution in [0.4, 0.5) is 8.78 Å². The Labute approximate surface area is 156 Å². The first-order valence-corrected chi connectivity index (χ1v) is 8.90. The van der Waals surface area contributed by atoms with Crippen LogP contribution in [0.25, 0.3) is 0 Å². The molecule has 0 spiro atoms. The smallest absolute Gasteiger partial charge is 0.387 e. The lowest BCUT2D eigenvalue weighted by molar-refractivity contribution is -0.142. The number of nitrogens with zero attached hydrogens (tertiary/aromatic N) is 2. The first-order valence-electron chi connectivity index (χ1n) is 8.90. The van der Waals surface area contributed by atoms with E-state index in [0.717, 1.165) is 0 Å². The van der Waals surface area contributed by atoms with Gasteiger partial charge in [0.05, 0.1) is 11.1 Å².